The number of nitrogens with zero attached hydrogens (tertiary/aromatic N) is 5. The van der Waals surface area contributed by atoms with E-state index in [4.69, 9.17) is 16.6 Å². The topological polar surface area (TPSA) is 120 Å². The van der Waals surface area contributed by atoms with Gasteiger partial charge in [0.15, 0.2) is 21.5 Å². The van der Waals surface area contributed by atoms with Crippen LogP contribution in [0.3, 0.4) is 0 Å². The van der Waals surface area contributed by atoms with Crippen molar-refractivity contribution in [1.29, 1.82) is 0 Å². The number of hydrogen-bond acceptors (Lipinski definition) is 7. The van der Waals surface area contributed by atoms with Crippen molar-refractivity contribution in [3.8, 4) is 11.3 Å². The molecule has 0 bridgehead atoms. The van der Waals surface area contributed by atoms with Gasteiger partial charge in [0.1, 0.15) is 0 Å². The maximum Gasteiger partial charge on any atom is 0.352 e. The number of pyridine rings is 1. The third kappa shape index (κ3) is 5.62. The zero-order chi connectivity index (χ0) is 32.1. The van der Waals surface area contributed by atoms with E-state index in [1.807, 2.05) is 50.8 Å². The Morgan fingerprint density at radius 1 is 1.11 bits per heavy atom. The molecule has 1 fully saturated rings. The Morgan fingerprint density at radius 3 is 2.45 bits per heavy atom. The van der Waals surface area contributed by atoms with Crippen LogP contribution in [0.25, 0.3) is 11.3 Å². The SMILES string of the molecule is C=CC(=O)N1CCN(C2=NS(=O)(=O)N(c3c(C)cccc3C(C)C)c3nc(-c4ccccc4S(C)(=O)=O)c(Cl)cc32)C(C)C1. The minimum atomic E-state index is -4.42. The van der Waals surface area contributed by atoms with Gasteiger partial charge in [0.05, 0.1) is 26.9 Å². The van der Waals surface area contributed by atoms with Gasteiger partial charge in [-0.05, 0) is 49.1 Å². The van der Waals surface area contributed by atoms with E-state index in [0.717, 1.165) is 16.1 Å². The Hall–Kier alpha value is -3.74. The first-order chi connectivity index (χ1) is 20.7. The summed E-state index contributed by atoms with van der Waals surface area (Å²) in [5.41, 5.74) is 2.66. The predicted molar refractivity (Wildman–Crippen MR) is 174 cm³/mol. The lowest BCUT2D eigenvalue weighted by Gasteiger charge is -2.43. The lowest BCUT2D eigenvalue weighted by atomic mass is 9.98. The van der Waals surface area contributed by atoms with E-state index in [-0.39, 0.29) is 50.7 Å². The number of anilines is 2. The van der Waals surface area contributed by atoms with E-state index in [0.29, 0.717) is 36.4 Å². The molecule has 44 heavy (non-hydrogen) atoms. The normalized spacial score (nSPS) is 18.2. The second kappa shape index (κ2) is 11.6. The Kier molecular flexibility index (Phi) is 8.38. The number of carbonyl (C=O) groups is 1. The summed E-state index contributed by atoms with van der Waals surface area (Å²) in [4.78, 5) is 20.7. The van der Waals surface area contributed by atoms with Crippen molar-refractivity contribution in [2.45, 2.75) is 44.6 Å². The van der Waals surface area contributed by atoms with Gasteiger partial charge in [0, 0.05) is 37.5 Å². The number of amides is 1. The Balaban J connectivity index is 1.80. The summed E-state index contributed by atoms with van der Waals surface area (Å²) >= 11 is 6.86. The molecule has 0 N–H and O–H groups in total. The highest BCUT2D eigenvalue weighted by Gasteiger charge is 2.41. The number of hydrogen-bond donors (Lipinski definition) is 0. The van der Waals surface area contributed by atoms with Crippen LogP contribution in [0.4, 0.5) is 11.5 Å². The minimum absolute atomic E-state index is 0.0175. The lowest BCUT2D eigenvalue weighted by Crippen LogP contribution is -2.56. The molecule has 13 heteroatoms. The first-order valence-corrected chi connectivity index (χ1v) is 17.8. The molecular formula is C31H34ClN5O5S2. The van der Waals surface area contributed by atoms with Crippen LogP contribution in [0.15, 0.2) is 70.5 Å². The second-order valence-electron chi connectivity index (χ2n) is 11.3. The molecule has 2 aliphatic heterocycles. The van der Waals surface area contributed by atoms with Crippen molar-refractivity contribution < 1.29 is 21.6 Å². The lowest BCUT2D eigenvalue weighted by molar-refractivity contribution is -0.128. The molecule has 2 aromatic carbocycles. The number of aryl methyl sites for hydroxylation is 1. The Labute approximate surface area is 263 Å². The minimum Gasteiger partial charge on any atom is -0.349 e. The summed E-state index contributed by atoms with van der Waals surface area (Å²) in [7, 11) is -8.10. The molecule has 1 aromatic heterocycles. The Bertz CT molecular complexity index is 1930. The molecule has 1 unspecified atom stereocenters. The number of rotatable bonds is 5. The van der Waals surface area contributed by atoms with Gasteiger partial charge in [-0.15, -0.1) is 4.40 Å². The quantitative estimate of drug-likeness (QED) is 0.351. The molecule has 1 atom stereocenters. The van der Waals surface area contributed by atoms with Crippen molar-refractivity contribution in [2.24, 2.45) is 4.40 Å². The van der Waals surface area contributed by atoms with Gasteiger partial charge in [-0.1, -0.05) is 68.4 Å². The molecule has 2 aliphatic rings. The number of benzene rings is 2. The Morgan fingerprint density at radius 2 is 1.82 bits per heavy atom. The zero-order valence-corrected chi connectivity index (χ0v) is 27.5. The van der Waals surface area contributed by atoms with Gasteiger partial charge < -0.3 is 9.80 Å². The standard InChI is InChI=1S/C31H34ClN5O5S2/c1-7-27(38)35-15-16-36(21(5)18-35)31-24-17-25(32)28(23-12-8-9-14-26(23)43(6,39)40)33-30(24)37(44(41,42)34-31)29-20(4)11-10-13-22(29)19(2)3/h7-14,17,19,21H,1,15-16,18H2,2-6H3. The van der Waals surface area contributed by atoms with E-state index < -0.39 is 20.0 Å². The number of sulfone groups is 1. The highest BCUT2D eigenvalue weighted by atomic mass is 35.5. The molecule has 1 amide bonds. The van der Waals surface area contributed by atoms with E-state index in [9.17, 15) is 21.6 Å². The number of carbonyl (C=O) groups excluding carboxylic acids is 1. The van der Waals surface area contributed by atoms with Gasteiger partial charge in [0.25, 0.3) is 0 Å². The summed E-state index contributed by atoms with van der Waals surface area (Å²) in [6.45, 7) is 12.2. The first kappa shape index (κ1) is 31.7. The van der Waals surface area contributed by atoms with Crippen LogP contribution >= 0.6 is 11.6 Å². The average Bonchev–Trinajstić information content (AvgIpc) is 2.96. The first-order valence-electron chi connectivity index (χ1n) is 14.1. The van der Waals surface area contributed by atoms with Crippen LogP contribution in [0, 0.1) is 6.92 Å². The largest absolute Gasteiger partial charge is 0.352 e. The fourth-order valence-corrected chi connectivity index (χ4v) is 8.22. The maximum atomic E-state index is 14.3. The molecule has 0 spiro atoms. The van der Waals surface area contributed by atoms with Gasteiger partial charge in [-0.2, -0.15) is 8.42 Å². The molecule has 10 nitrogen and oxygen atoms in total. The zero-order valence-electron chi connectivity index (χ0n) is 25.2. The van der Waals surface area contributed by atoms with Crippen molar-refractivity contribution >= 4 is 54.9 Å². The van der Waals surface area contributed by atoms with Crippen molar-refractivity contribution in [2.75, 3.05) is 30.2 Å². The summed E-state index contributed by atoms with van der Waals surface area (Å²) in [5.74, 6) is -0.0275. The van der Waals surface area contributed by atoms with E-state index in [1.54, 1.807) is 29.2 Å². The second-order valence-corrected chi connectivity index (χ2v) is 15.1. The molecule has 0 radical (unpaired) electrons. The number of piperazine rings is 1. The van der Waals surface area contributed by atoms with Crippen LogP contribution in [0.5, 0.6) is 0 Å². The predicted octanol–water partition coefficient (Wildman–Crippen LogP) is 5.10. The average molecular weight is 656 g/mol. The monoisotopic (exact) mass is 655 g/mol. The summed E-state index contributed by atoms with van der Waals surface area (Å²) in [6.07, 6.45) is 2.35. The van der Waals surface area contributed by atoms with Gasteiger partial charge in [-0.3, -0.25) is 4.79 Å². The van der Waals surface area contributed by atoms with E-state index in [1.165, 1.54) is 12.1 Å². The van der Waals surface area contributed by atoms with Crippen LogP contribution in [-0.4, -0.2) is 75.3 Å². The molecule has 1 saturated heterocycles. The molecule has 0 aliphatic carbocycles. The fourth-order valence-electron chi connectivity index (χ4n) is 5.74. The fraction of sp³-hybridized carbons (Fsp3) is 0.323. The maximum absolute atomic E-state index is 14.3. The summed E-state index contributed by atoms with van der Waals surface area (Å²) < 4.78 is 59.5. The van der Waals surface area contributed by atoms with Crippen LogP contribution in [0.2, 0.25) is 5.02 Å². The van der Waals surface area contributed by atoms with Crippen LogP contribution < -0.4 is 4.31 Å². The molecular weight excluding hydrogens is 622 g/mol. The summed E-state index contributed by atoms with van der Waals surface area (Å²) in [5, 5.41) is 0.133. The van der Waals surface area contributed by atoms with Crippen molar-refractivity contribution in [1.82, 2.24) is 14.8 Å². The molecule has 232 valence electrons. The van der Waals surface area contributed by atoms with Crippen LogP contribution in [0.1, 0.15) is 43.4 Å². The van der Waals surface area contributed by atoms with Crippen LogP contribution in [-0.2, 0) is 24.8 Å². The summed E-state index contributed by atoms with van der Waals surface area (Å²) in [6, 6.07) is 13.2. The molecule has 0 saturated carbocycles. The molecule has 3 heterocycles. The van der Waals surface area contributed by atoms with Gasteiger partial charge >= 0.3 is 10.2 Å². The number of amidine groups is 1. The van der Waals surface area contributed by atoms with E-state index in [2.05, 4.69) is 11.0 Å². The van der Waals surface area contributed by atoms with Gasteiger partial charge in [0.2, 0.25) is 5.91 Å². The third-order valence-electron chi connectivity index (χ3n) is 7.84. The van der Waals surface area contributed by atoms with Crippen molar-refractivity contribution in [3.05, 3.63) is 82.9 Å². The highest BCUT2D eigenvalue weighted by molar-refractivity contribution is 7.92. The number of fused-ring (bicyclic) bond motifs is 1. The van der Waals surface area contributed by atoms with Crippen molar-refractivity contribution in [3.63, 3.8) is 0 Å². The smallest absolute Gasteiger partial charge is 0.349 e. The number of halogens is 1. The number of para-hydroxylation sites is 1. The number of aromatic nitrogens is 1. The molecule has 3 aromatic rings. The molecule has 5 rings (SSSR count). The highest BCUT2D eigenvalue weighted by Crippen LogP contribution is 2.44. The third-order valence-corrected chi connectivity index (χ3v) is 10.5. The van der Waals surface area contributed by atoms with Gasteiger partial charge in [-0.25, -0.2) is 17.7 Å². The van der Waals surface area contributed by atoms with E-state index >= 15 is 0 Å².